The summed E-state index contributed by atoms with van der Waals surface area (Å²) >= 11 is 0. The van der Waals surface area contributed by atoms with Crippen LogP contribution in [0.3, 0.4) is 0 Å². The lowest BCUT2D eigenvalue weighted by atomic mass is 10.1. The fraction of sp³-hybridized carbons (Fsp3) is 0.875. The molecule has 0 aliphatic rings. The van der Waals surface area contributed by atoms with Crippen LogP contribution in [-0.4, -0.2) is 0 Å². The van der Waals surface area contributed by atoms with E-state index in [4.69, 9.17) is 0 Å². The maximum absolute atomic E-state index is 3.85. The molecule has 98 valence electrons. The Morgan fingerprint density at radius 2 is 1.00 bits per heavy atom. The molecule has 0 fully saturated rings. The summed E-state index contributed by atoms with van der Waals surface area (Å²) in [7, 11) is 0. The molecule has 0 aliphatic heterocycles. The van der Waals surface area contributed by atoms with Gasteiger partial charge < -0.3 is 0 Å². The van der Waals surface area contributed by atoms with Gasteiger partial charge in [0.1, 0.15) is 0 Å². The van der Waals surface area contributed by atoms with Crippen LogP contribution in [0.2, 0.25) is 0 Å². The predicted molar refractivity (Wildman–Crippen MR) is 77.5 cm³/mol. The van der Waals surface area contributed by atoms with Crippen molar-refractivity contribution in [2.45, 2.75) is 91.4 Å². The Labute approximate surface area is 105 Å². The molecular formula is C16H34. The second-order valence-corrected chi connectivity index (χ2v) is 4.61. The van der Waals surface area contributed by atoms with E-state index in [1.54, 1.807) is 0 Å². The first kappa shape index (κ1) is 18.4. The van der Waals surface area contributed by atoms with Crippen molar-refractivity contribution in [1.29, 1.82) is 0 Å². The van der Waals surface area contributed by atoms with Crippen LogP contribution in [0, 0.1) is 13.3 Å². The Morgan fingerprint density at radius 1 is 0.688 bits per heavy atom. The molecule has 0 N–H and O–H groups in total. The van der Waals surface area contributed by atoms with Crippen molar-refractivity contribution in [3.63, 3.8) is 0 Å². The van der Waals surface area contributed by atoms with Gasteiger partial charge in [-0.1, -0.05) is 98.3 Å². The van der Waals surface area contributed by atoms with E-state index in [1.807, 2.05) is 20.3 Å². The Hall–Kier alpha value is 0. The summed E-state index contributed by atoms with van der Waals surface area (Å²) < 4.78 is 0. The van der Waals surface area contributed by atoms with Crippen molar-refractivity contribution in [2.75, 3.05) is 0 Å². The van der Waals surface area contributed by atoms with Gasteiger partial charge in [0.2, 0.25) is 0 Å². The fourth-order valence-corrected chi connectivity index (χ4v) is 1.66. The molecule has 0 heterocycles. The second kappa shape index (κ2) is 20.4. The summed E-state index contributed by atoms with van der Waals surface area (Å²) in [4.78, 5) is 0. The zero-order valence-corrected chi connectivity index (χ0v) is 12.1. The smallest absolute Gasteiger partial charge is 0.0448 e. The first-order valence-corrected chi connectivity index (χ1v) is 7.36. The molecule has 0 heteroatoms. The van der Waals surface area contributed by atoms with Crippen molar-refractivity contribution >= 4 is 0 Å². The van der Waals surface area contributed by atoms with Crippen LogP contribution in [0.1, 0.15) is 91.4 Å². The zero-order chi connectivity index (χ0) is 12.5. The third kappa shape index (κ3) is 23.7. The first-order valence-electron chi connectivity index (χ1n) is 7.36. The molecule has 0 atom stereocenters. The minimum atomic E-state index is 1.12. The van der Waals surface area contributed by atoms with Gasteiger partial charge in [0.25, 0.3) is 0 Å². The lowest BCUT2D eigenvalue weighted by Gasteiger charge is -2.00. The highest BCUT2D eigenvalue weighted by Gasteiger charge is 1.90. The topological polar surface area (TPSA) is 0 Å². The molecule has 0 unspecified atom stereocenters. The quantitative estimate of drug-likeness (QED) is 0.380. The summed E-state index contributed by atoms with van der Waals surface area (Å²) in [6.07, 6.45) is 17.4. The van der Waals surface area contributed by atoms with E-state index in [1.165, 1.54) is 64.2 Å². The Bertz CT molecular complexity index is 76.0. The monoisotopic (exact) mass is 226 g/mol. The highest BCUT2D eigenvalue weighted by Crippen LogP contribution is 2.10. The van der Waals surface area contributed by atoms with Gasteiger partial charge in [-0.15, -0.1) is 0 Å². The third-order valence-electron chi connectivity index (χ3n) is 2.60. The molecule has 0 saturated heterocycles. The molecule has 16 heavy (non-hydrogen) atoms. The van der Waals surface area contributed by atoms with Crippen molar-refractivity contribution in [1.82, 2.24) is 0 Å². The van der Waals surface area contributed by atoms with Gasteiger partial charge in [-0.05, 0) is 6.42 Å². The van der Waals surface area contributed by atoms with Crippen molar-refractivity contribution in [3.05, 3.63) is 13.3 Å². The predicted octanol–water partition coefficient (Wildman–Crippen LogP) is 6.36. The van der Waals surface area contributed by atoms with Crippen LogP contribution in [0.15, 0.2) is 0 Å². The lowest BCUT2D eigenvalue weighted by Crippen LogP contribution is -1.81. The molecule has 0 aliphatic carbocycles. The van der Waals surface area contributed by atoms with Crippen LogP contribution < -0.4 is 0 Å². The van der Waals surface area contributed by atoms with E-state index in [2.05, 4.69) is 13.8 Å². The molecule has 0 spiro atoms. The van der Waals surface area contributed by atoms with Gasteiger partial charge in [0, 0.05) is 0 Å². The van der Waals surface area contributed by atoms with E-state index < -0.39 is 0 Å². The molecular weight excluding hydrogens is 192 g/mol. The van der Waals surface area contributed by atoms with E-state index >= 15 is 0 Å². The average molecular weight is 226 g/mol. The molecule has 0 saturated carbocycles. The minimum absolute atomic E-state index is 1.12. The highest BCUT2D eigenvalue weighted by molar-refractivity contribution is 4.48. The molecule has 0 amide bonds. The first-order chi connectivity index (χ1) is 7.83. The van der Waals surface area contributed by atoms with Crippen LogP contribution in [0.25, 0.3) is 0 Å². The Morgan fingerprint density at radius 3 is 1.31 bits per heavy atom. The second-order valence-electron chi connectivity index (χ2n) is 4.61. The average Bonchev–Trinajstić information content (AvgIpc) is 2.28. The van der Waals surface area contributed by atoms with Crippen LogP contribution in [0.4, 0.5) is 0 Å². The van der Waals surface area contributed by atoms with Crippen molar-refractivity contribution < 1.29 is 0 Å². The van der Waals surface area contributed by atoms with Gasteiger partial charge in [0.15, 0.2) is 0 Å². The van der Waals surface area contributed by atoms with Crippen LogP contribution in [-0.2, 0) is 0 Å². The summed E-state index contributed by atoms with van der Waals surface area (Å²) in [5.41, 5.74) is 0. The summed E-state index contributed by atoms with van der Waals surface area (Å²) in [5, 5.41) is 0. The van der Waals surface area contributed by atoms with Gasteiger partial charge in [-0.3, -0.25) is 0 Å². The number of hydrogen-bond donors (Lipinski definition) is 0. The summed E-state index contributed by atoms with van der Waals surface area (Å²) in [6, 6.07) is 0. The Kier molecular flexibility index (Phi) is 23.4. The van der Waals surface area contributed by atoms with E-state index in [-0.39, 0.29) is 0 Å². The maximum Gasteiger partial charge on any atom is -0.0448 e. The number of rotatable bonds is 10. The SMILES string of the molecule is C[CH]C.[CH2]CCCCCCCCCCCC. The minimum Gasteiger partial charge on any atom is -0.0654 e. The molecule has 0 bridgehead atoms. The van der Waals surface area contributed by atoms with Crippen molar-refractivity contribution in [3.8, 4) is 0 Å². The van der Waals surface area contributed by atoms with E-state index in [0.29, 0.717) is 0 Å². The molecule has 0 rings (SSSR count). The normalized spacial score (nSPS) is 9.75. The summed E-state index contributed by atoms with van der Waals surface area (Å²) in [5.74, 6) is 0. The standard InChI is InChI=1S/C13H27.C3H7/c1-3-5-7-9-11-13-12-10-8-6-4-2;1-3-2/h1,3-13H2,2H3;3H,1-2H3. The fourth-order valence-electron chi connectivity index (χ4n) is 1.66. The van der Waals surface area contributed by atoms with Crippen molar-refractivity contribution in [2.24, 2.45) is 0 Å². The van der Waals surface area contributed by atoms with Crippen LogP contribution >= 0.6 is 0 Å². The Balaban J connectivity index is 0. The van der Waals surface area contributed by atoms with Gasteiger partial charge in [-0.2, -0.15) is 0 Å². The van der Waals surface area contributed by atoms with E-state index in [0.717, 1.165) is 6.42 Å². The van der Waals surface area contributed by atoms with E-state index in [9.17, 15) is 0 Å². The molecule has 0 nitrogen and oxygen atoms in total. The number of hydrogen-bond acceptors (Lipinski definition) is 0. The van der Waals surface area contributed by atoms with Gasteiger partial charge >= 0.3 is 0 Å². The maximum atomic E-state index is 3.85. The van der Waals surface area contributed by atoms with Crippen LogP contribution in [0.5, 0.6) is 0 Å². The molecule has 0 aromatic carbocycles. The third-order valence-corrected chi connectivity index (χ3v) is 2.60. The number of unbranched alkanes of at least 4 members (excludes halogenated alkanes) is 10. The summed E-state index contributed by atoms with van der Waals surface area (Å²) in [6.45, 7) is 10.1. The zero-order valence-electron chi connectivity index (χ0n) is 12.1. The highest BCUT2D eigenvalue weighted by atomic mass is 14.0. The molecule has 2 radical (unpaired) electrons. The lowest BCUT2D eigenvalue weighted by molar-refractivity contribution is 0.557. The molecule has 0 aromatic heterocycles. The molecule has 0 aromatic rings. The van der Waals surface area contributed by atoms with Gasteiger partial charge in [0.05, 0.1) is 0 Å². The van der Waals surface area contributed by atoms with Gasteiger partial charge in [-0.25, -0.2) is 0 Å². The largest absolute Gasteiger partial charge is 0.0654 e.